The molecule has 0 unspecified atom stereocenters. The zero-order valence-corrected chi connectivity index (χ0v) is 17.4. The fraction of sp³-hybridized carbons (Fsp3) is 0.348. The molecule has 4 rings (SSSR count). The molecule has 0 aromatic heterocycles. The highest BCUT2D eigenvalue weighted by atomic mass is 32.2. The van der Waals surface area contributed by atoms with Crippen LogP contribution in [0.25, 0.3) is 0 Å². The molecule has 0 saturated heterocycles. The summed E-state index contributed by atoms with van der Waals surface area (Å²) in [7, 11) is 0. The molecule has 1 fully saturated rings. The largest absolute Gasteiger partial charge is 0.323 e. The normalized spacial score (nSPS) is 17.9. The third-order valence-electron chi connectivity index (χ3n) is 5.33. The Morgan fingerprint density at radius 3 is 2.43 bits per heavy atom. The van der Waals surface area contributed by atoms with Crippen LogP contribution in [0.5, 0.6) is 0 Å². The first-order valence-electron chi connectivity index (χ1n) is 10.2. The Hall–Kier alpha value is -2.54. The third-order valence-corrected chi connectivity index (χ3v) is 6.29. The number of hydrogen-bond acceptors (Lipinski definition) is 4. The van der Waals surface area contributed by atoms with Gasteiger partial charge in [0.1, 0.15) is 16.7 Å². The van der Waals surface area contributed by atoms with Gasteiger partial charge in [0.15, 0.2) is 5.66 Å². The predicted octanol–water partition coefficient (Wildman–Crippen LogP) is 5.59. The fourth-order valence-corrected chi connectivity index (χ4v) is 4.71. The third kappa shape index (κ3) is 4.78. The summed E-state index contributed by atoms with van der Waals surface area (Å²) in [6.07, 6.45) is 6.42. The summed E-state index contributed by atoms with van der Waals surface area (Å²) in [4.78, 5) is 22.4. The smallest absolute Gasteiger partial charge is 0.234 e. The van der Waals surface area contributed by atoms with Crippen LogP contribution in [0.1, 0.15) is 44.1 Å². The number of halogens is 2. The minimum atomic E-state index is -0.796. The van der Waals surface area contributed by atoms with Crippen molar-refractivity contribution in [3.8, 4) is 0 Å². The van der Waals surface area contributed by atoms with E-state index < -0.39 is 17.3 Å². The molecule has 1 N–H and O–H groups in total. The molecule has 1 aliphatic heterocycles. The molecular weight excluding hydrogens is 404 g/mol. The van der Waals surface area contributed by atoms with Gasteiger partial charge < -0.3 is 5.32 Å². The van der Waals surface area contributed by atoms with Crippen molar-refractivity contribution < 1.29 is 13.6 Å². The van der Waals surface area contributed by atoms with Crippen molar-refractivity contribution in [2.45, 2.75) is 44.2 Å². The van der Waals surface area contributed by atoms with Gasteiger partial charge in [-0.25, -0.2) is 13.8 Å². The van der Waals surface area contributed by atoms with E-state index in [2.05, 4.69) is 5.32 Å². The van der Waals surface area contributed by atoms with Crippen molar-refractivity contribution in [2.24, 2.45) is 9.98 Å². The van der Waals surface area contributed by atoms with Crippen LogP contribution in [0.2, 0.25) is 0 Å². The number of carbonyl (C=O) groups is 1. The van der Waals surface area contributed by atoms with Crippen LogP contribution in [-0.2, 0) is 4.79 Å². The van der Waals surface area contributed by atoms with Crippen LogP contribution >= 0.6 is 11.8 Å². The summed E-state index contributed by atoms with van der Waals surface area (Å²) in [6, 6.07) is 13.0. The van der Waals surface area contributed by atoms with Gasteiger partial charge in [0.2, 0.25) is 5.91 Å². The molecule has 2 aromatic rings. The van der Waals surface area contributed by atoms with E-state index in [0.29, 0.717) is 0 Å². The highest BCUT2D eigenvalue weighted by Crippen LogP contribution is 2.37. The summed E-state index contributed by atoms with van der Waals surface area (Å²) in [5.41, 5.74) is 1.34. The molecule has 1 saturated carbocycles. The standard InChI is InChI=1S/C23H23F2N3OS/c24-17-10-11-19(18(25)14-17)26-20(29)15-30-22-21(16-8-4-3-5-9-16)27-23(28-22)12-6-1-2-7-13-23/h3-5,8-11,14H,1-2,6-7,12-13,15H2,(H,26,29). The molecule has 0 bridgehead atoms. The highest BCUT2D eigenvalue weighted by Gasteiger charge is 2.37. The van der Waals surface area contributed by atoms with E-state index in [4.69, 9.17) is 9.98 Å². The second-order valence-electron chi connectivity index (χ2n) is 7.60. The van der Waals surface area contributed by atoms with Crippen molar-refractivity contribution in [3.63, 3.8) is 0 Å². The highest BCUT2D eigenvalue weighted by molar-refractivity contribution is 8.16. The predicted molar refractivity (Wildman–Crippen MR) is 118 cm³/mol. The number of carbonyl (C=O) groups excluding carboxylic acids is 1. The second kappa shape index (κ2) is 9.08. The van der Waals surface area contributed by atoms with Crippen LogP contribution in [0, 0.1) is 11.6 Å². The maximum absolute atomic E-state index is 13.8. The van der Waals surface area contributed by atoms with E-state index in [9.17, 15) is 13.6 Å². The Bertz CT molecular complexity index is 983. The molecule has 30 heavy (non-hydrogen) atoms. The molecule has 156 valence electrons. The lowest BCUT2D eigenvalue weighted by atomic mass is 10.0. The van der Waals surface area contributed by atoms with Crippen molar-refractivity contribution in [3.05, 3.63) is 65.7 Å². The first-order chi connectivity index (χ1) is 14.5. The molecule has 7 heteroatoms. The van der Waals surface area contributed by atoms with E-state index in [1.54, 1.807) is 0 Å². The van der Waals surface area contributed by atoms with Gasteiger partial charge in [-0.15, -0.1) is 0 Å². The molecule has 1 heterocycles. The average Bonchev–Trinajstić information content (AvgIpc) is 2.94. The van der Waals surface area contributed by atoms with E-state index in [1.807, 2.05) is 30.3 Å². The molecule has 4 nitrogen and oxygen atoms in total. The summed E-state index contributed by atoms with van der Waals surface area (Å²) in [5, 5.41) is 3.25. The Labute approximate surface area is 178 Å². The van der Waals surface area contributed by atoms with Crippen LogP contribution in [-0.4, -0.2) is 28.1 Å². The van der Waals surface area contributed by atoms with Gasteiger partial charge in [-0.1, -0.05) is 54.9 Å². The number of nitrogens with zero attached hydrogens (tertiary/aromatic N) is 2. The summed E-state index contributed by atoms with van der Waals surface area (Å²) in [5.74, 6) is -1.78. The van der Waals surface area contributed by atoms with Gasteiger partial charge in [0.25, 0.3) is 0 Å². The number of thioether (sulfide) groups is 1. The molecular formula is C23H23F2N3OS. The van der Waals surface area contributed by atoms with Crippen LogP contribution in [0.3, 0.4) is 0 Å². The first-order valence-corrected chi connectivity index (χ1v) is 11.2. The monoisotopic (exact) mass is 427 g/mol. The lowest BCUT2D eigenvalue weighted by molar-refractivity contribution is -0.113. The van der Waals surface area contributed by atoms with Gasteiger partial charge in [0, 0.05) is 11.6 Å². The second-order valence-corrected chi connectivity index (χ2v) is 8.57. The molecule has 1 aliphatic carbocycles. The van der Waals surface area contributed by atoms with Crippen molar-refractivity contribution in [2.75, 3.05) is 11.1 Å². The first kappa shape index (κ1) is 20.7. The number of anilines is 1. The van der Waals surface area contributed by atoms with Gasteiger partial charge in [-0.3, -0.25) is 9.79 Å². The van der Waals surface area contributed by atoms with Crippen LogP contribution in [0.15, 0.2) is 58.5 Å². The number of hydrogen-bond donors (Lipinski definition) is 1. The molecule has 2 aromatic carbocycles. The Morgan fingerprint density at radius 1 is 1.00 bits per heavy atom. The fourth-order valence-electron chi connectivity index (χ4n) is 3.84. The van der Waals surface area contributed by atoms with E-state index >= 15 is 0 Å². The maximum atomic E-state index is 13.8. The Kier molecular flexibility index (Phi) is 6.27. The quantitative estimate of drug-likeness (QED) is 0.692. The molecule has 0 radical (unpaired) electrons. The van der Waals surface area contributed by atoms with Crippen LogP contribution < -0.4 is 5.32 Å². The zero-order valence-electron chi connectivity index (χ0n) is 16.5. The SMILES string of the molecule is O=C(CSC1=NC2(CCCCCC2)N=C1c1ccccc1)Nc1ccc(F)cc1F. The summed E-state index contributed by atoms with van der Waals surface area (Å²) in [6.45, 7) is 0. The van der Waals surface area contributed by atoms with Crippen molar-refractivity contribution in [1.82, 2.24) is 0 Å². The lowest BCUT2D eigenvalue weighted by Gasteiger charge is -2.20. The van der Waals surface area contributed by atoms with E-state index in [0.717, 1.165) is 54.1 Å². The molecule has 1 spiro atoms. The minimum Gasteiger partial charge on any atom is -0.323 e. The number of nitrogens with one attached hydrogen (secondary N) is 1. The van der Waals surface area contributed by atoms with E-state index in [-0.39, 0.29) is 17.3 Å². The van der Waals surface area contributed by atoms with Gasteiger partial charge in [0.05, 0.1) is 17.2 Å². The van der Waals surface area contributed by atoms with Crippen LogP contribution in [0.4, 0.5) is 14.5 Å². The summed E-state index contributed by atoms with van der Waals surface area (Å²) < 4.78 is 26.9. The lowest BCUT2D eigenvalue weighted by Crippen LogP contribution is -2.20. The van der Waals surface area contributed by atoms with E-state index in [1.165, 1.54) is 30.7 Å². The average molecular weight is 428 g/mol. The Morgan fingerprint density at radius 2 is 1.73 bits per heavy atom. The van der Waals surface area contributed by atoms with Gasteiger partial charge in [-0.2, -0.15) is 0 Å². The molecule has 0 atom stereocenters. The minimum absolute atomic E-state index is 0.0347. The van der Waals surface area contributed by atoms with Gasteiger partial charge >= 0.3 is 0 Å². The number of rotatable bonds is 4. The van der Waals surface area contributed by atoms with Gasteiger partial charge in [-0.05, 0) is 37.8 Å². The number of aliphatic imine (C=N–C) groups is 2. The Balaban J connectivity index is 1.50. The number of amides is 1. The zero-order chi connectivity index (χ0) is 21.0. The molecule has 2 aliphatic rings. The van der Waals surface area contributed by atoms with Crippen molar-refractivity contribution >= 4 is 34.1 Å². The maximum Gasteiger partial charge on any atom is 0.234 e. The summed E-state index contributed by atoms with van der Waals surface area (Å²) >= 11 is 1.31. The van der Waals surface area contributed by atoms with Crippen molar-refractivity contribution in [1.29, 1.82) is 0 Å². The molecule has 1 amide bonds. The number of benzene rings is 2. The topological polar surface area (TPSA) is 53.8 Å².